The molecule has 1 heterocycles. The van der Waals surface area contributed by atoms with E-state index in [0.717, 1.165) is 6.07 Å². The Morgan fingerprint density at radius 1 is 1.35 bits per heavy atom. The van der Waals surface area contributed by atoms with Gasteiger partial charge in [-0.3, -0.25) is 4.79 Å². The van der Waals surface area contributed by atoms with Crippen molar-refractivity contribution >= 4 is 17.6 Å². The van der Waals surface area contributed by atoms with E-state index in [0.29, 0.717) is 5.69 Å². The first-order valence-electron chi connectivity index (χ1n) is 4.31. The molecule has 1 aromatic rings. The molecular weight excluding hydrogens is 241 g/mol. The molecule has 0 aromatic carbocycles. The van der Waals surface area contributed by atoms with Gasteiger partial charge in [0, 0.05) is 5.69 Å². The fraction of sp³-hybridized carbons (Fsp3) is 0.222. The summed E-state index contributed by atoms with van der Waals surface area (Å²) in [6, 6.07) is 2.34. The van der Waals surface area contributed by atoms with E-state index in [2.05, 4.69) is 4.98 Å². The summed E-state index contributed by atoms with van der Waals surface area (Å²) in [6.07, 6.45) is -5.08. The normalized spacial score (nSPS) is 11.1. The highest BCUT2D eigenvalue weighted by molar-refractivity contribution is 6.01. The molecule has 0 saturated carbocycles. The SMILES string of the molecule is Cc1ccc(NC(=O)C(F)(F)F)c(C(=O)O)n1. The fourth-order valence-electron chi connectivity index (χ4n) is 1.01. The van der Waals surface area contributed by atoms with Crippen LogP contribution < -0.4 is 5.32 Å². The summed E-state index contributed by atoms with van der Waals surface area (Å²) in [7, 11) is 0. The van der Waals surface area contributed by atoms with Crippen LogP contribution in [-0.4, -0.2) is 28.1 Å². The van der Waals surface area contributed by atoms with Crippen LogP contribution in [0.3, 0.4) is 0 Å². The maximum Gasteiger partial charge on any atom is 0.471 e. The van der Waals surface area contributed by atoms with Gasteiger partial charge in [-0.25, -0.2) is 9.78 Å². The predicted molar refractivity (Wildman–Crippen MR) is 50.6 cm³/mol. The Labute approximate surface area is 93.3 Å². The van der Waals surface area contributed by atoms with Gasteiger partial charge in [0.15, 0.2) is 5.69 Å². The van der Waals surface area contributed by atoms with Crippen LogP contribution in [0.1, 0.15) is 16.2 Å². The van der Waals surface area contributed by atoms with Crippen LogP contribution in [0.25, 0.3) is 0 Å². The zero-order valence-corrected chi connectivity index (χ0v) is 8.50. The zero-order valence-electron chi connectivity index (χ0n) is 8.50. The number of aromatic nitrogens is 1. The van der Waals surface area contributed by atoms with E-state index in [4.69, 9.17) is 5.11 Å². The molecule has 0 radical (unpaired) electrons. The molecule has 0 aliphatic carbocycles. The molecule has 92 valence electrons. The maximum absolute atomic E-state index is 12.0. The third-order valence-corrected chi connectivity index (χ3v) is 1.74. The minimum atomic E-state index is -5.08. The van der Waals surface area contributed by atoms with Crippen molar-refractivity contribution in [3.8, 4) is 0 Å². The van der Waals surface area contributed by atoms with E-state index >= 15 is 0 Å². The molecule has 1 aromatic heterocycles. The number of rotatable bonds is 2. The summed E-state index contributed by atoms with van der Waals surface area (Å²) >= 11 is 0. The summed E-state index contributed by atoms with van der Waals surface area (Å²) in [5.41, 5.74) is -0.819. The molecule has 0 aliphatic rings. The van der Waals surface area contributed by atoms with Crippen LogP contribution in [0.15, 0.2) is 12.1 Å². The molecule has 0 bridgehead atoms. The lowest BCUT2D eigenvalue weighted by Gasteiger charge is -2.10. The Bertz CT molecular complexity index is 471. The maximum atomic E-state index is 12.0. The van der Waals surface area contributed by atoms with Crippen molar-refractivity contribution in [2.24, 2.45) is 0 Å². The summed E-state index contributed by atoms with van der Waals surface area (Å²) in [4.78, 5) is 24.9. The number of nitrogens with zero attached hydrogens (tertiary/aromatic N) is 1. The molecule has 17 heavy (non-hydrogen) atoms. The van der Waals surface area contributed by atoms with E-state index in [1.54, 1.807) is 0 Å². The first-order valence-corrected chi connectivity index (χ1v) is 4.31. The number of anilines is 1. The molecule has 0 saturated heterocycles. The first-order chi connectivity index (χ1) is 7.71. The quantitative estimate of drug-likeness (QED) is 0.832. The minimum Gasteiger partial charge on any atom is -0.476 e. The summed E-state index contributed by atoms with van der Waals surface area (Å²) in [5.74, 6) is -3.77. The predicted octanol–water partition coefficient (Wildman–Crippen LogP) is 1.59. The number of carbonyl (C=O) groups excluding carboxylic acids is 1. The van der Waals surface area contributed by atoms with Crippen molar-refractivity contribution in [2.75, 3.05) is 5.32 Å². The second-order valence-electron chi connectivity index (χ2n) is 3.11. The second kappa shape index (κ2) is 4.40. The van der Waals surface area contributed by atoms with Crippen LogP contribution in [-0.2, 0) is 4.79 Å². The topological polar surface area (TPSA) is 79.3 Å². The molecule has 0 atom stereocenters. The Kier molecular flexibility index (Phi) is 3.35. The van der Waals surface area contributed by atoms with Gasteiger partial charge in [-0.2, -0.15) is 13.2 Å². The smallest absolute Gasteiger partial charge is 0.471 e. The first kappa shape index (κ1) is 12.9. The largest absolute Gasteiger partial charge is 0.476 e. The van der Waals surface area contributed by atoms with E-state index < -0.39 is 29.4 Å². The number of nitrogens with one attached hydrogen (secondary N) is 1. The number of aryl methyl sites for hydroxylation is 1. The van der Waals surface area contributed by atoms with Gasteiger partial charge < -0.3 is 10.4 Å². The highest BCUT2D eigenvalue weighted by atomic mass is 19.4. The fourth-order valence-corrected chi connectivity index (χ4v) is 1.01. The van der Waals surface area contributed by atoms with Crippen molar-refractivity contribution in [3.05, 3.63) is 23.5 Å². The number of halogens is 3. The van der Waals surface area contributed by atoms with Crippen LogP contribution >= 0.6 is 0 Å². The van der Waals surface area contributed by atoms with Gasteiger partial charge in [0.25, 0.3) is 0 Å². The number of carboxylic acid groups (broad SMARTS) is 1. The van der Waals surface area contributed by atoms with E-state index in [9.17, 15) is 22.8 Å². The zero-order chi connectivity index (χ0) is 13.2. The number of carbonyl (C=O) groups is 2. The highest BCUT2D eigenvalue weighted by Crippen LogP contribution is 2.20. The van der Waals surface area contributed by atoms with Crippen LogP contribution in [0, 0.1) is 6.92 Å². The number of hydrogen-bond donors (Lipinski definition) is 2. The lowest BCUT2D eigenvalue weighted by Crippen LogP contribution is -2.30. The summed E-state index contributed by atoms with van der Waals surface area (Å²) < 4.78 is 35.9. The molecule has 0 fully saturated rings. The Morgan fingerprint density at radius 3 is 2.41 bits per heavy atom. The van der Waals surface area contributed by atoms with Crippen molar-refractivity contribution < 1.29 is 27.9 Å². The van der Waals surface area contributed by atoms with Gasteiger partial charge in [0.2, 0.25) is 0 Å². The number of alkyl halides is 3. The van der Waals surface area contributed by atoms with E-state index in [-0.39, 0.29) is 0 Å². The van der Waals surface area contributed by atoms with Gasteiger partial charge >= 0.3 is 18.1 Å². The molecular formula is C9H7F3N2O3. The summed E-state index contributed by atoms with van der Waals surface area (Å²) in [6.45, 7) is 1.47. The standard InChI is InChI=1S/C9H7F3N2O3/c1-4-2-3-5(6(13-4)7(15)16)14-8(17)9(10,11)12/h2-3H,1H3,(H,14,17)(H,15,16). The lowest BCUT2D eigenvalue weighted by atomic mass is 10.2. The summed E-state index contributed by atoms with van der Waals surface area (Å²) in [5, 5.41) is 10.2. The Balaban J connectivity index is 3.07. The third-order valence-electron chi connectivity index (χ3n) is 1.74. The third kappa shape index (κ3) is 3.16. The Hall–Kier alpha value is -2.12. The molecule has 2 N–H and O–H groups in total. The lowest BCUT2D eigenvalue weighted by molar-refractivity contribution is -0.167. The van der Waals surface area contributed by atoms with Gasteiger partial charge in [-0.1, -0.05) is 0 Å². The number of hydrogen-bond acceptors (Lipinski definition) is 3. The number of carboxylic acids is 1. The molecule has 5 nitrogen and oxygen atoms in total. The second-order valence-corrected chi connectivity index (χ2v) is 3.11. The van der Waals surface area contributed by atoms with Crippen molar-refractivity contribution in [1.29, 1.82) is 0 Å². The number of amides is 1. The van der Waals surface area contributed by atoms with Gasteiger partial charge in [0.05, 0.1) is 5.69 Å². The number of pyridine rings is 1. The van der Waals surface area contributed by atoms with E-state index in [1.807, 2.05) is 0 Å². The molecule has 0 unspecified atom stereocenters. The average Bonchev–Trinajstić information content (AvgIpc) is 2.18. The van der Waals surface area contributed by atoms with Crippen molar-refractivity contribution in [3.63, 3.8) is 0 Å². The molecule has 8 heteroatoms. The van der Waals surface area contributed by atoms with Crippen molar-refractivity contribution in [1.82, 2.24) is 4.98 Å². The Morgan fingerprint density at radius 2 is 1.94 bits per heavy atom. The average molecular weight is 248 g/mol. The molecule has 0 spiro atoms. The van der Waals surface area contributed by atoms with Gasteiger partial charge in [0.1, 0.15) is 0 Å². The molecule has 1 amide bonds. The van der Waals surface area contributed by atoms with Crippen molar-refractivity contribution in [2.45, 2.75) is 13.1 Å². The minimum absolute atomic E-state index is 0.312. The number of aromatic carboxylic acids is 1. The molecule has 1 rings (SSSR count). The monoisotopic (exact) mass is 248 g/mol. The van der Waals surface area contributed by atoms with Gasteiger partial charge in [-0.15, -0.1) is 0 Å². The van der Waals surface area contributed by atoms with Crippen LogP contribution in [0.4, 0.5) is 18.9 Å². The van der Waals surface area contributed by atoms with Crippen LogP contribution in [0.2, 0.25) is 0 Å². The molecule has 0 aliphatic heterocycles. The highest BCUT2D eigenvalue weighted by Gasteiger charge is 2.39. The van der Waals surface area contributed by atoms with Gasteiger partial charge in [-0.05, 0) is 19.1 Å². The van der Waals surface area contributed by atoms with E-state index in [1.165, 1.54) is 18.3 Å². The van der Waals surface area contributed by atoms with Crippen LogP contribution in [0.5, 0.6) is 0 Å².